The van der Waals surface area contributed by atoms with Gasteiger partial charge < -0.3 is 9.84 Å². The number of nitrogens with zero attached hydrogens (tertiary/aromatic N) is 3. The Hall–Kier alpha value is -1.75. The van der Waals surface area contributed by atoms with Gasteiger partial charge in [-0.3, -0.25) is 4.98 Å². The van der Waals surface area contributed by atoms with Crippen LogP contribution in [0, 0.1) is 6.92 Å². The Balaban J connectivity index is 2.22. The summed E-state index contributed by atoms with van der Waals surface area (Å²) in [4.78, 5) is 8.53. The van der Waals surface area contributed by atoms with E-state index < -0.39 is 0 Å². The lowest BCUT2D eigenvalue weighted by Crippen LogP contribution is -2.11. The van der Waals surface area contributed by atoms with Crippen LogP contribution in [0.15, 0.2) is 22.9 Å². The average molecular weight is 218 g/mol. The van der Waals surface area contributed by atoms with Gasteiger partial charge in [-0.15, -0.1) is 0 Å². The number of pyridine rings is 1. The van der Waals surface area contributed by atoms with Gasteiger partial charge in [0.2, 0.25) is 0 Å². The van der Waals surface area contributed by atoms with E-state index in [1.54, 1.807) is 6.20 Å². The Morgan fingerprint density at radius 2 is 2.31 bits per heavy atom. The molecule has 0 saturated carbocycles. The van der Waals surface area contributed by atoms with Crippen molar-refractivity contribution in [3.05, 3.63) is 29.7 Å². The van der Waals surface area contributed by atoms with Crippen LogP contribution < -0.4 is 5.32 Å². The molecule has 5 nitrogen and oxygen atoms in total. The Morgan fingerprint density at radius 1 is 1.44 bits per heavy atom. The van der Waals surface area contributed by atoms with Gasteiger partial charge in [-0.2, -0.15) is 4.98 Å². The van der Waals surface area contributed by atoms with Crippen molar-refractivity contribution in [1.82, 2.24) is 20.4 Å². The lowest BCUT2D eigenvalue weighted by atomic mass is 10.2. The summed E-state index contributed by atoms with van der Waals surface area (Å²) in [6.45, 7) is 2.81. The largest absolute Gasteiger partial charge is 0.332 e. The highest BCUT2D eigenvalue weighted by Crippen LogP contribution is 2.17. The van der Waals surface area contributed by atoms with Gasteiger partial charge in [0.05, 0.1) is 0 Å². The summed E-state index contributed by atoms with van der Waals surface area (Å²) in [6, 6.07) is 3.86. The van der Waals surface area contributed by atoms with E-state index in [0.29, 0.717) is 11.7 Å². The third-order valence-electron chi connectivity index (χ3n) is 2.28. The van der Waals surface area contributed by atoms with Crippen LogP contribution in [-0.4, -0.2) is 28.7 Å². The van der Waals surface area contributed by atoms with E-state index in [9.17, 15) is 0 Å². The minimum Gasteiger partial charge on any atom is -0.332 e. The molecule has 84 valence electrons. The fourth-order valence-corrected chi connectivity index (χ4v) is 1.40. The monoisotopic (exact) mass is 218 g/mol. The molecule has 0 aliphatic rings. The summed E-state index contributed by atoms with van der Waals surface area (Å²) in [5.41, 5.74) is 1.79. The fraction of sp³-hybridized carbons (Fsp3) is 0.364. The molecule has 0 radical (unpaired) electrons. The van der Waals surface area contributed by atoms with E-state index in [2.05, 4.69) is 20.4 Å². The lowest BCUT2D eigenvalue weighted by molar-refractivity contribution is 0.420. The molecule has 0 fully saturated rings. The summed E-state index contributed by atoms with van der Waals surface area (Å²) in [5.74, 6) is 1.19. The van der Waals surface area contributed by atoms with Crippen molar-refractivity contribution < 1.29 is 4.52 Å². The van der Waals surface area contributed by atoms with Crippen molar-refractivity contribution in [2.45, 2.75) is 13.3 Å². The minimum absolute atomic E-state index is 0.490. The second-order valence-corrected chi connectivity index (χ2v) is 3.54. The zero-order valence-corrected chi connectivity index (χ0v) is 9.40. The van der Waals surface area contributed by atoms with E-state index in [1.165, 1.54) is 0 Å². The molecule has 0 spiro atoms. The number of rotatable bonds is 4. The highest BCUT2D eigenvalue weighted by Gasteiger charge is 2.11. The van der Waals surface area contributed by atoms with Crippen LogP contribution in [0.3, 0.4) is 0 Å². The van der Waals surface area contributed by atoms with Crippen LogP contribution in [0.4, 0.5) is 0 Å². The number of hydrogen-bond acceptors (Lipinski definition) is 5. The topological polar surface area (TPSA) is 63.8 Å². The highest BCUT2D eigenvalue weighted by molar-refractivity contribution is 5.51. The van der Waals surface area contributed by atoms with Crippen LogP contribution >= 0.6 is 0 Å². The standard InChI is InChI=1S/C11H14N4O/c1-8-4-3-6-13-10(8)11-14-9(15-16-11)5-7-12-2/h3-4,6,12H,5,7H2,1-2H3. The first-order valence-electron chi connectivity index (χ1n) is 5.20. The van der Waals surface area contributed by atoms with E-state index in [1.807, 2.05) is 26.1 Å². The first-order chi connectivity index (χ1) is 7.81. The second kappa shape index (κ2) is 4.85. The van der Waals surface area contributed by atoms with Gasteiger partial charge in [-0.25, -0.2) is 0 Å². The normalized spacial score (nSPS) is 10.6. The maximum absolute atomic E-state index is 5.18. The third kappa shape index (κ3) is 2.25. The van der Waals surface area contributed by atoms with Crippen molar-refractivity contribution >= 4 is 0 Å². The maximum Gasteiger partial charge on any atom is 0.276 e. The molecule has 0 aromatic carbocycles. The summed E-state index contributed by atoms with van der Waals surface area (Å²) in [6.07, 6.45) is 2.48. The first kappa shape index (κ1) is 10.8. The Kier molecular flexibility index (Phi) is 3.26. The third-order valence-corrected chi connectivity index (χ3v) is 2.28. The number of aromatic nitrogens is 3. The molecule has 2 heterocycles. The first-order valence-corrected chi connectivity index (χ1v) is 5.20. The maximum atomic E-state index is 5.18. The van der Waals surface area contributed by atoms with Gasteiger partial charge in [0, 0.05) is 19.2 Å². The van der Waals surface area contributed by atoms with E-state index in [0.717, 1.165) is 24.2 Å². The molecule has 0 saturated heterocycles. The molecule has 0 aliphatic carbocycles. The molecule has 16 heavy (non-hydrogen) atoms. The van der Waals surface area contributed by atoms with E-state index >= 15 is 0 Å². The van der Waals surface area contributed by atoms with Gasteiger partial charge in [-0.1, -0.05) is 11.2 Å². The number of aryl methyl sites for hydroxylation is 1. The second-order valence-electron chi connectivity index (χ2n) is 3.54. The van der Waals surface area contributed by atoms with Crippen molar-refractivity contribution in [2.75, 3.05) is 13.6 Å². The van der Waals surface area contributed by atoms with Gasteiger partial charge in [0.15, 0.2) is 5.82 Å². The zero-order chi connectivity index (χ0) is 11.4. The Bertz CT molecular complexity index is 467. The molecule has 2 rings (SSSR count). The molecule has 0 atom stereocenters. The van der Waals surface area contributed by atoms with Crippen LogP contribution in [0.2, 0.25) is 0 Å². The minimum atomic E-state index is 0.490. The van der Waals surface area contributed by atoms with Crippen molar-refractivity contribution in [2.24, 2.45) is 0 Å². The summed E-state index contributed by atoms with van der Waals surface area (Å²) in [5, 5.41) is 6.94. The van der Waals surface area contributed by atoms with Crippen molar-refractivity contribution in [3.8, 4) is 11.6 Å². The quantitative estimate of drug-likeness (QED) is 0.835. The predicted molar refractivity (Wildman–Crippen MR) is 59.9 cm³/mol. The molecule has 5 heteroatoms. The molecule has 0 aliphatic heterocycles. The van der Waals surface area contributed by atoms with Crippen LogP contribution in [0.1, 0.15) is 11.4 Å². The molecular weight excluding hydrogens is 204 g/mol. The molecule has 1 N–H and O–H groups in total. The summed E-state index contributed by atoms with van der Waals surface area (Å²) in [7, 11) is 1.89. The van der Waals surface area contributed by atoms with Gasteiger partial charge in [0.1, 0.15) is 5.69 Å². The lowest BCUT2D eigenvalue weighted by Gasteiger charge is -1.96. The van der Waals surface area contributed by atoms with Crippen LogP contribution in [0.25, 0.3) is 11.6 Å². The number of hydrogen-bond donors (Lipinski definition) is 1. The average Bonchev–Trinajstić information content (AvgIpc) is 2.75. The molecule has 2 aromatic rings. The SMILES string of the molecule is CNCCc1noc(-c2ncccc2C)n1. The van der Waals surface area contributed by atoms with Gasteiger partial charge >= 0.3 is 0 Å². The number of nitrogens with one attached hydrogen (secondary N) is 1. The fourth-order valence-electron chi connectivity index (χ4n) is 1.40. The molecule has 0 bridgehead atoms. The van der Waals surface area contributed by atoms with E-state index in [-0.39, 0.29) is 0 Å². The molecule has 2 aromatic heterocycles. The predicted octanol–water partition coefficient (Wildman–Crippen LogP) is 1.20. The summed E-state index contributed by atoms with van der Waals surface area (Å²) >= 11 is 0. The van der Waals surface area contributed by atoms with Gasteiger partial charge in [0.25, 0.3) is 5.89 Å². The van der Waals surface area contributed by atoms with Crippen molar-refractivity contribution in [3.63, 3.8) is 0 Å². The zero-order valence-electron chi connectivity index (χ0n) is 9.40. The van der Waals surface area contributed by atoms with Crippen LogP contribution in [-0.2, 0) is 6.42 Å². The van der Waals surface area contributed by atoms with Crippen LogP contribution in [0.5, 0.6) is 0 Å². The smallest absolute Gasteiger partial charge is 0.276 e. The van der Waals surface area contributed by atoms with E-state index in [4.69, 9.17) is 4.52 Å². The van der Waals surface area contributed by atoms with Gasteiger partial charge in [-0.05, 0) is 25.6 Å². The van der Waals surface area contributed by atoms with Crippen molar-refractivity contribution in [1.29, 1.82) is 0 Å². The Morgan fingerprint density at radius 3 is 3.06 bits per heavy atom. The molecular formula is C11H14N4O. The Labute approximate surface area is 93.9 Å². The molecule has 0 unspecified atom stereocenters. The molecule has 0 amide bonds. The number of likely N-dealkylation sites (N-methyl/N-ethyl adjacent to an activating group) is 1. The summed E-state index contributed by atoms with van der Waals surface area (Å²) < 4.78 is 5.18. The highest BCUT2D eigenvalue weighted by atomic mass is 16.5.